The van der Waals surface area contributed by atoms with E-state index in [0.29, 0.717) is 5.88 Å². The molecule has 20 heavy (non-hydrogen) atoms. The Bertz CT molecular complexity index is 573. The number of hydrogen-bond acceptors (Lipinski definition) is 3. The van der Waals surface area contributed by atoms with Crippen molar-refractivity contribution in [3.05, 3.63) is 48.2 Å². The number of rotatable bonds is 4. The summed E-state index contributed by atoms with van der Waals surface area (Å²) in [5.41, 5.74) is 1.54. The summed E-state index contributed by atoms with van der Waals surface area (Å²) in [4.78, 5) is 4.06. The van der Waals surface area contributed by atoms with Gasteiger partial charge in [-0.2, -0.15) is 0 Å². The number of ether oxygens (including phenoxy) is 2. The van der Waals surface area contributed by atoms with Gasteiger partial charge >= 0.3 is 0 Å². The maximum Gasteiger partial charge on any atom is 0.216 e. The van der Waals surface area contributed by atoms with E-state index in [4.69, 9.17) is 9.47 Å². The zero-order valence-corrected chi connectivity index (χ0v) is 12.5. The maximum atomic E-state index is 5.86. The molecule has 0 bridgehead atoms. The lowest BCUT2D eigenvalue weighted by atomic mass is 9.88. The molecule has 3 nitrogen and oxygen atoms in total. The zero-order chi connectivity index (χ0) is 14.6. The van der Waals surface area contributed by atoms with Gasteiger partial charge in [-0.05, 0) is 35.6 Å². The zero-order valence-electron chi connectivity index (χ0n) is 12.5. The third-order valence-electron chi connectivity index (χ3n) is 2.78. The maximum absolute atomic E-state index is 5.86. The Balaban J connectivity index is 2.15. The summed E-state index contributed by atoms with van der Waals surface area (Å²) in [6, 6.07) is 11.8. The highest BCUT2D eigenvalue weighted by atomic mass is 16.5. The summed E-state index contributed by atoms with van der Waals surface area (Å²) >= 11 is 0. The van der Waals surface area contributed by atoms with Crippen molar-refractivity contribution in [1.82, 2.24) is 4.98 Å². The second-order valence-corrected chi connectivity index (χ2v) is 6.02. The van der Waals surface area contributed by atoms with Gasteiger partial charge in [0.2, 0.25) is 5.88 Å². The van der Waals surface area contributed by atoms with Gasteiger partial charge in [-0.1, -0.05) is 32.9 Å². The molecule has 106 valence electrons. The van der Waals surface area contributed by atoms with Crippen molar-refractivity contribution in [3.63, 3.8) is 0 Å². The number of aromatic nitrogens is 1. The third kappa shape index (κ3) is 4.26. The minimum Gasteiger partial charge on any atom is -0.481 e. The highest BCUT2D eigenvalue weighted by molar-refractivity contribution is 5.35. The van der Waals surface area contributed by atoms with Crippen LogP contribution in [0.4, 0.5) is 0 Å². The predicted molar refractivity (Wildman–Crippen MR) is 80.5 cm³/mol. The standard InChI is InChI=1S/C17H21NO2/c1-17(2,3)12-13-6-5-7-14(10-13)20-15-8-9-18-16(11-15)19-4/h5-11H,12H2,1-4H3. The summed E-state index contributed by atoms with van der Waals surface area (Å²) in [6.07, 6.45) is 2.69. The molecule has 0 unspecified atom stereocenters. The minimum absolute atomic E-state index is 0.262. The van der Waals surface area contributed by atoms with E-state index in [-0.39, 0.29) is 5.41 Å². The molecule has 1 heterocycles. The lowest BCUT2D eigenvalue weighted by Gasteiger charge is -2.18. The van der Waals surface area contributed by atoms with Gasteiger partial charge in [0.25, 0.3) is 0 Å². The van der Waals surface area contributed by atoms with Crippen LogP contribution in [0.15, 0.2) is 42.6 Å². The Morgan fingerprint density at radius 2 is 1.80 bits per heavy atom. The molecular weight excluding hydrogens is 250 g/mol. The molecule has 0 aliphatic rings. The van der Waals surface area contributed by atoms with E-state index >= 15 is 0 Å². The first-order valence-electron chi connectivity index (χ1n) is 6.73. The van der Waals surface area contributed by atoms with E-state index in [9.17, 15) is 0 Å². The van der Waals surface area contributed by atoms with Gasteiger partial charge in [-0.15, -0.1) is 0 Å². The van der Waals surface area contributed by atoms with Crippen molar-refractivity contribution in [1.29, 1.82) is 0 Å². The van der Waals surface area contributed by atoms with E-state index < -0.39 is 0 Å². The monoisotopic (exact) mass is 271 g/mol. The average Bonchev–Trinajstić information content (AvgIpc) is 2.37. The van der Waals surface area contributed by atoms with Crippen LogP contribution in [0.5, 0.6) is 17.4 Å². The van der Waals surface area contributed by atoms with Crippen LogP contribution in [0.1, 0.15) is 26.3 Å². The van der Waals surface area contributed by atoms with E-state index in [2.05, 4.69) is 37.9 Å². The van der Waals surface area contributed by atoms with Gasteiger partial charge in [0.05, 0.1) is 7.11 Å². The van der Waals surface area contributed by atoms with Gasteiger partial charge in [0, 0.05) is 12.3 Å². The molecule has 0 aliphatic carbocycles. The molecule has 2 aromatic rings. The number of methoxy groups -OCH3 is 1. The van der Waals surface area contributed by atoms with Gasteiger partial charge in [0.1, 0.15) is 11.5 Å². The summed E-state index contributed by atoms with van der Waals surface area (Å²) in [5.74, 6) is 2.11. The Labute approximate surface area is 120 Å². The van der Waals surface area contributed by atoms with Gasteiger partial charge in [-0.25, -0.2) is 4.98 Å². The molecule has 0 saturated carbocycles. The highest BCUT2D eigenvalue weighted by Gasteiger charge is 2.11. The van der Waals surface area contributed by atoms with Crippen molar-refractivity contribution >= 4 is 0 Å². The second-order valence-electron chi connectivity index (χ2n) is 6.02. The SMILES string of the molecule is COc1cc(Oc2cccc(CC(C)(C)C)c2)ccn1. The quantitative estimate of drug-likeness (QED) is 0.822. The van der Waals surface area contributed by atoms with Gasteiger partial charge in [0.15, 0.2) is 0 Å². The minimum atomic E-state index is 0.262. The summed E-state index contributed by atoms with van der Waals surface area (Å²) in [6.45, 7) is 6.69. The normalized spacial score (nSPS) is 11.2. The number of pyridine rings is 1. The highest BCUT2D eigenvalue weighted by Crippen LogP contribution is 2.27. The lowest BCUT2D eigenvalue weighted by Crippen LogP contribution is -2.08. The first-order valence-corrected chi connectivity index (χ1v) is 6.73. The molecule has 3 heteroatoms. The Kier molecular flexibility index (Phi) is 4.28. The molecule has 0 N–H and O–H groups in total. The van der Waals surface area contributed by atoms with Crippen LogP contribution in [0.25, 0.3) is 0 Å². The Hall–Kier alpha value is -2.03. The van der Waals surface area contributed by atoms with Crippen molar-refractivity contribution in [3.8, 4) is 17.4 Å². The molecule has 0 fully saturated rings. The predicted octanol–water partition coefficient (Wildman–Crippen LogP) is 4.47. The summed E-state index contributed by atoms with van der Waals surface area (Å²) < 4.78 is 10.9. The molecule has 1 aromatic carbocycles. The smallest absolute Gasteiger partial charge is 0.216 e. The van der Waals surface area contributed by atoms with Crippen LogP contribution in [-0.4, -0.2) is 12.1 Å². The fraction of sp³-hybridized carbons (Fsp3) is 0.353. The van der Waals surface area contributed by atoms with Crippen LogP contribution in [-0.2, 0) is 6.42 Å². The van der Waals surface area contributed by atoms with E-state index in [1.807, 2.05) is 18.2 Å². The van der Waals surface area contributed by atoms with Gasteiger partial charge < -0.3 is 9.47 Å². The van der Waals surface area contributed by atoms with Crippen molar-refractivity contribution in [2.75, 3.05) is 7.11 Å². The second kappa shape index (κ2) is 5.95. The van der Waals surface area contributed by atoms with Crippen LogP contribution < -0.4 is 9.47 Å². The van der Waals surface area contributed by atoms with Crippen molar-refractivity contribution in [2.24, 2.45) is 5.41 Å². The average molecular weight is 271 g/mol. The Morgan fingerprint density at radius 3 is 2.50 bits per heavy atom. The Morgan fingerprint density at radius 1 is 1.05 bits per heavy atom. The fourth-order valence-corrected chi connectivity index (χ4v) is 2.03. The van der Waals surface area contributed by atoms with Crippen LogP contribution in [0.2, 0.25) is 0 Å². The van der Waals surface area contributed by atoms with E-state index in [1.54, 1.807) is 19.4 Å². The molecule has 1 aromatic heterocycles. The first-order chi connectivity index (χ1) is 9.46. The largest absolute Gasteiger partial charge is 0.481 e. The topological polar surface area (TPSA) is 31.4 Å². The molecule has 0 radical (unpaired) electrons. The number of nitrogens with zero attached hydrogens (tertiary/aromatic N) is 1. The summed E-state index contributed by atoms with van der Waals surface area (Å²) in [7, 11) is 1.59. The molecule has 2 rings (SSSR count). The van der Waals surface area contributed by atoms with Gasteiger partial charge in [-0.3, -0.25) is 0 Å². The molecule has 0 spiro atoms. The first kappa shape index (κ1) is 14.4. The third-order valence-corrected chi connectivity index (χ3v) is 2.78. The fourth-order valence-electron chi connectivity index (χ4n) is 2.03. The molecule has 0 saturated heterocycles. The molecule has 0 amide bonds. The van der Waals surface area contributed by atoms with Crippen molar-refractivity contribution in [2.45, 2.75) is 27.2 Å². The lowest BCUT2D eigenvalue weighted by molar-refractivity contribution is 0.392. The molecule has 0 atom stereocenters. The molecule has 0 aliphatic heterocycles. The number of benzene rings is 1. The van der Waals surface area contributed by atoms with Crippen molar-refractivity contribution < 1.29 is 9.47 Å². The number of hydrogen-bond donors (Lipinski definition) is 0. The van der Waals surface area contributed by atoms with Crippen LogP contribution >= 0.6 is 0 Å². The van der Waals surface area contributed by atoms with Crippen LogP contribution in [0, 0.1) is 5.41 Å². The molecular formula is C17H21NO2. The summed E-state index contributed by atoms with van der Waals surface area (Å²) in [5, 5.41) is 0. The van der Waals surface area contributed by atoms with E-state index in [1.165, 1.54) is 5.56 Å². The van der Waals surface area contributed by atoms with Crippen LogP contribution in [0.3, 0.4) is 0 Å². The van der Waals surface area contributed by atoms with E-state index in [0.717, 1.165) is 17.9 Å².